The molecule has 133 heavy (non-hydrogen) atoms. The molecular formula is C122H167N5Y6-12. The van der Waals surface area contributed by atoms with Crippen LogP contribution in [0.5, 0.6) is 0 Å². The first-order chi connectivity index (χ1) is 61.5. The molecule has 14 rings (SSSR count). The van der Waals surface area contributed by atoms with Crippen LogP contribution in [0.15, 0.2) is 231 Å². The number of benzene rings is 12. The zero-order chi connectivity index (χ0) is 98.6. The zero-order valence-electron chi connectivity index (χ0n) is 91.1. The molecule has 0 unspecified atom stereocenters. The number of hydrogen-bond acceptors (Lipinski definition) is 5. The van der Waals surface area contributed by atoms with Crippen molar-refractivity contribution in [2.75, 3.05) is 0 Å². The van der Waals surface area contributed by atoms with E-state index in [2.05, 4.69) is 339 Å². The van der Waals surface area contributed by atoms with Gasteiger partial charge in [0.15, 0.2) is 0 Å². The molecule has 0 saturated heterocycles. The first-order valence-corrected chi connectivity index (χ1v) is 46.8. The first-order valence-electron chi connectivity index (χ1n) is 46.8. The van der Waals surface area contributed by atoms with E-state index in [9.17, 15) is 0 Å². The van der Waals surface area contributed by atoms with Crippen LogP contribution in [-0.4, -0.2) is 24.9 Å². The Labute approximate surface area is 971 Å². The molecule has 2 heterocycles. The molecule has 0 aliphatic rings. The van der Waals surface area contributed by atoms with Crippen LogP contribution in [0, 0.1) is 190 Å². The smallest absolute Gasteiger partial charge is 0.129 e. The molecule has 0 N–H and O–H groups in total. The van der Waals surface area contributed by atoms with Crippen LogP contribution in [0.25, 0.3) is 66.8 Å². The molecular weight excluding hydrogens is 2070 g/mol. The number of aryl methyl sites for hydroxylation is 17. The van der Waals surface area contributed by atoms with E-state index in [0.717, 1.165) is 107 Å². The van der Waals surface area contributed by atoms with E-state index in [1.54, 1.807) is 6.33 Å². The summed E-state index contributed by atoms with van der Waals surface area (Å²) in [6.45, 7) is 86.4. The summed E-state index contributed by atoms with van der Waals surface area (Å²) < 4.78 is 0. The minimum atomic E-state index is 0. The summed E-state index contributed by atoms with van der Waals surface area (Å²) in [6, 6.07) is 115. The van der Waals surface area contributed by atoms with Crippen molar-refractivity contribution in [3.8, 4) is 66.8 Å². The van der Waals surface area contributed by atoms with E-state index in [-0.39, 0.29) is 196 Å². The second kappa shape index (κ2) is 108. The maximum absolute atomic E-state index is 4.01. The van der Waals surface area contributed by atoms with Crippen LogP contribution in [-0.2, 0) is 196 Å². The van der Waals surface area contributed by atoms with Crippen LogP contribution in [0.1, 0.15) is 276 Å². The fourth-order valence-electron chi connectivity index (χ4n) is 9.88. The van der Waals surface area contributed by atoms with Gasteiger partial charge in [-0.25, -0.2) is 91.7 Å². The van der Waals surface area contributed by atoms with Crippen molar-refractivity contribution in [3.05, 3.63) is 399 Å². The fraction of sp³-hybridized carbons (Fsp3) is 0.352. The van der Waals surface area contributed by atoms with Gasteiger partial charge in [-0.15, -0.1) is 109 Å². The Morgan fingerprint density at radius 2 is 0.353 bits per heavy atom. The Morgan fingerprint density at radius 1 is 0.173 bits per heavy atom. The second-order valence-electron chi connectivity index (χ2n) is 25.1. The van der Waals surface area contributed by atoms with Gasteiger partial charge in [-0.05, 0) is 40.7 Å². The molecule has 0 atom stereocenters. The number of rotatable bonds is 6. The molecule has 0 aliphatic carbocycles. The second-order valence-corrected chi connectivity index (χ2v) is 25.1. The van der Waals surface area contributed by atoms with Crippen molar-refractivity contribution in [1.29, 1.82) is 0 Å². The van der Waals surface area contributed by atoms with E-state index in [1.165, 1.54) is 55.6 Å². The van der Waals surface area contributed by atoms with E-state index in [0.29, 0.717) is 0 Å². The van der Waals surface area contributed by atoms with Gasteiger partial charge in [-0.3, -0.25) is 0 Å². The molecule has 12 aromatic carbocycles. The summed E-state index contributed by atoms with van der Waals surface area (Å²) in [4.78, 5) is 19.9. The summed E-state index contributed by atoms with van der Waals surface area (Å²) in [6.07, 6.45) is 1.57. The van der Waals surface area contributed by atoms with Gasteiger partial charge >= 0.3 is 0 Å². The predicted molar refractivity (Wildman–Crippen MR) is 567 cm³/mol. The molecule has 0 amide bonds. The third-order valence-corrected chi connectivity index (χ3v) is 15.2. The van der Waals surface area contributed by atoms with Gasteiger partial charge in [0.25, 0.3) is 0 Å². The van der Waals surface area contributed by atoms with Crippen LogP contribution >= 0.6 is 0 Å². The Bertz CT molecular complexity index is 4340. The average Bonchev–Trinajstić information content (AvgIpc) is 0.854. The Balaban J connectivity index is -0.000000108. The van der Waals surface area contributed by atoms with Crippen molar-refractivity contribution in [2.45, 2.75) is 298 Å². The van der Waals surface area contributed by atoms with Gasteiger partial charge in [0, 0.05) is 208 Å². The van der Waals surface area contributed by atoms with Crippen molar-refractivity contribution < 1.29 is 196 Å². The third kappa shape index (κ3) is 76.9. The normalized spacial score (nSPS) is 8.20. The zero-order valence-corrected chi connectivity index (χ0v) is 108. The van der Waals surface area contributed by atoms with Crippen molar-refractivity contribution in [1.82, 2.24) is 24.9 Å². The fourth-order valence-corrected chi connectivity index (χ4v) is 9.88. The van der Waals surface area contributed by atoms with Gasteiger partial charge < -0.3 is 0 Å². The van der Waals surface area contributed by atoms with Crippen LogP contribution in [0.3, 0.4) is 0 Å². The maximum atomic E-state index is 4.01. The van der Waals surface area contributed by atoms with Gasteiger partial charge in [-0.1, -0.05) is 263 Å². The topological polar surface area (TPSA) is 64.5 Å². The first kappa shape index (κ1) is 156. The summed E-state index contributed by atoms with van der Waals surface area (Å²) in [5, 5.41) is 0. The molecule has 0 fully saturated rings. The Morgan fingerprint density at radius 3 is 0.526 bits per heavy atom. The molecule has 0 aliphatic heterocycles. The Hall–Kier alpha value is -4.65. The molecule has 2 aromatic heterocycles. The molecule has 710 valence electrons. The van der Waals surface area contributed by atoms with E-state index >= 15 is 0 Å². The molecule has 14 aromatic rings. The van der Waals surface area contributed by atoms with Gasteiger partial charge in [0.05, 0.1) is 0 Å². The minimum absolute atomic E-state index is 0. The van der Waals surface area contributed by atoms with Crippen molar-refractivity contribution in [2.24, 2.45) is 0 Å². The summed E-state index contributed by atoms with van der Waals surface area (Å²) in [5.74, 6) is 2.38. The van der Waals surface area contributed by atoms with Crippen molar-refractivity contribution >= 4 is 0 Å². The summed E-state index contributed by atoms with van der Waals surface area (Å²) in [5.41, 5.74) is 30.2. The van der Waals surface area contributed by atoms with Crippen LogP contribution in [0.4, 0.5) is 0 Å². The monoisotopic (exact) mass is 2240 g/mol. The molecule has 11 heteroatoms. The Kier molecular flexibility index (Phi) is 127. The summed E-state index contributed by atoms with van der Waals surface area (Å²) in [7, 11) is 0. The largest absolute Gasteiger partial charge is 0.242 e. The van der Waals surface area contributed by atoms with Gasteiger partial charge in [0.1, 0.15) is 23.8 Å². The number of aromatic nitrogens is 5. The third-order valence-electron chi connectivity index (χ3n) is 15.2. The molecule has 5 nitrogen and oxygen atoms in total. The van der Waals surface area contributed by atoms with Crippen molar-refractivity contribution in [3.63, 3.8) is 0 Å². The molecule has 0 spiro atoms. The van der Waals surface area contributed by atoms with E-state index in [4.69, 9.17) is 0 Å². The summed E-state index contributed by atoms with van der Waals surface area (Å²) >= 11 is 0. The molecule has 6 radical (unpaired) electrons. The number of nitrogens with zero attached hydrogens (tertiary/aromatic N) is 5. The van der Waals surface area contributed by atoms with Gasteiger partial charge in [-0.2, -0.15) is 249 Å². The van der Waals surface area contributed by atoms with E-state index in [1.807, 2.05) is 281 Å². The average molecular weight is 2240 g/mol. The quantitative estimate of drug-likeness (QED) is 0.155. The van der Waals surface area contributed by atoms with Crippen LogP contribution < -0.4 is 0 Å². The van der Waals surface area contributed by atoms with E-state index < -0.39 is 0 Å². The molecule has 0 saturated carbocycles. The SMILES string of the molecule is CC.CC.CC.CC.CC.CC.CC.CC.CC.CC.CC.CC.CC.Cc1[c-]c(-c2[c-]cc(C)cc2)ccc1.Cc1[c-]c(-c2[c-]ccc(C)c2)ccc1.Cc1c[c-]c(-c2[c-]cc(C)cc2)cc1.Cc1c[c-]c(-c2[c-]ccc(C)c2)cc1.Cc1c[c-]c(-c2[c-]ccc(C)c2)cc1.Cc1cc(C)ncn1.Cc1cc[c-]c(-c2[c-]ccc(C)c2)c1.Cc1nc(C)nc(C)n1.[Y].[Y].[Y].[Y].[Y].[Y]. The standard InChI is InChI=1S/6C14H12.C6H9N3.C6H8N2.13C2H6.6Y/c1-11-3-7-13(8-4-11)14-9-5-12(2)6-10-14;2*1-11-5-3-7-13(9-11)14-8-4-6-12(2)10-14;3*1-11-6-8-13(9-7-11)14-5-3-4-12(2)10-14;1-4-7-5(2)9-6(3)8-4;1-5-3-6(2)8-4-7-5;13*1-2;;;;;;/h3-7,9H,1-2H3;3-6,9-10H,1-2H3;3-7,10H,1-2H3;2*3-4,6-8,10H,1-2H3;3-8H,1-2H3;1-3H3;3-4H,1-2H3;13*1-2H3;;;;;;/q6*-2;;;;;;;;;;;;;;;;;;;;;. The minimum Gasteiger partial charge on any atom is -0.242 e. The molecule has 0 bridgehead atoms. The predicted octanol–water partition coefficient (Wildman–Crippen LogP) is 36.6. The van der Waals surface area contributed by atoms with Crippen LogP contribution in [0.2, 0.25) is 0 Å². The van der Waals surface area contributed by atoms with Gasteiger partial charge in [0.2, 0.25) is 0 Å². The number of hydrogen-bond donors (Lipinski definition) is 0. The maximum Gasteiger partial charge on any atom is 0.129 e.